The van der Waals surface area contributed by atoms with Gasteiger partial charge in [0.15, 0.2) is 0 Å². The van der Waals surface area contributed by atoms with Gasteiger partial charge in [0.1, 0.15) is 10.6 Å². The zero-order valence-corrected chi connectivity index (χ0v) is 15.6. The zero-order valence-electron chi connectivity index (χ0n) is 14.7. The van der Waals surface area contributed by atoms with Gasteiger partial charge in [-0.2, -0.15) is 13.2 Å². The van der Waals surface area contributed by atoms with Gasteiger partial charge >= 0.3 is 18.1 Å². The van der Waals surface area contributed by atoms with Crippen LogP contribution in [0.5, 0.6) is 0 Å². The summed E-state index contributed by atoms with van der Waals surface area (Å²) in [5.74, 6) is -3.14. The minimum atomic E-state index is -5.08. The van der Waals surface area contributed by atoms with Gasteiger partial charge in [-0.15, -0.1) is 11.3 Å². The highest BCUT2D eigenvalue weighted by Crippen LogP contribution is 2.39. The summed E-state index contributed by atoms with van der Waals surface area (Å²) < 4.78 is 43.1. The largest absolute Gasteiger partial charge is 0.471 e. The SMILES string of the molecule is CC(=O)N1CCc2c(sc(NC(=O)C(F)(F)F)c2C(=O)OC(C)(C)C)C1. The second-order valence-electron chi connectivity index (χ2n) is 6.85. The average Bonchev–Trinajstić information content (AvgIpc) is 2.81. The normalized spacial score (nSPS) is 14.7. The minimum absolute atomic E-state index is 0.0688. The maximum absolute atomic E-state index is 12.6. The number of nitrogens with zero attached hydrogens (tertiary/aromatic N) is 1. The molecule has 144 valence electrons. The molecule has 2 amide bonds. The quantitative estimate of drug-likeness (QED) is 0.785. The van der Waals surface area contributed by atoms with Gasteiger partial charge in [0.2, 0.25) is 5.91 Å². The van der Waals surface area contributed by atoms with Crippen molar-refractivity contribution in [2.24, 2.45) is 0 Å². The molecule has 1 N–H and O–H groups in total. The Morgan fingerprint density at radius 2 is 1.81 bits per heavy atom. The predicted octanol–water partition coefficient (Wildman–Crippen LogP) is 3.11. The number of carbonyl (C=O) groups excluding carboxylic acids is 3. The molecule has 6 nitrogen and oxygen atoms in total. The van der Waals surface area contributed by atoms with Crippen LogP contribution in [0.3, 0.4) is 0 Å². The highest BCUT2D eigenvalue weighted by molar-refractivity contribution is 7.17. The van der Waals surface area contributed by atoms with Crippen LogP contribution in [0.1, 0.15) is 48.5 Å². The summed E-state index contributed by atoms with van der Waals surface area (Å²) in [7, 11) is 0. The van der Waals surface area contributed by atoms with E-state index in [2.05, 4.69) is 0 Å². The van der Waals surface area contributed by atoms with Crippen LogP contribution < -0.4 is 5.32 Å². The summed E-state index contributed by atoms with van der Waals surface area (Å²) in [6.45, 7) is 6.80. The van der Waals surface area contributed by atoms with Gasteiger partial charge in [0, 0.05) is 18.3 Å². The summed E-state index contributed by atoms with van der Waals surface area (Å²) in [5, 5.41) is 1.56. The van der Waals surface area contributed by atoms with Crippen molar-refractivity contribution in [3.63, 3.8) is 0 Å². The topological polar surface area (TPSA) is 75.7 Å². The molecular weight excluding hydrogens is 373 g/mol. The molecule has 1 aliphatic rings. The number of hydrogen-bond acceptors (Lipinski definition) is 5. The maximum Gasteiger partial charge on any atom is 0.471 e. The standard InChI is InChI=1S/C16H19F3N2O4S/c1-8(22)21-6-5-9-10(7-21)26-12(20-14(24)16(17,18)19)11(9)13(23)25-15(2,3)4/h5-7H2,1-4H3,(H,20,24). The van der Waals surface area contributed by atoms with Gasteiger partial charge in [-0.25, -0.2) is 4.79 Å². The van der Waals surface area contributed by atoms with E-state index in [1.165, 1.54) is 11.8 Å². The molecule has 0 aliphatic carbocycles. The average molecular weight is 392 g/mol. The van der Waals surface area contributed by atoms with Crippen LogP contribution in [-0.4, -0.2) is 41.0 Å². The Labute approximate surface area is 152 Å². The number of halogens is 3. The fourth-order valence-corrected chi connectivity index (χ4v) is 3.73. The van der Waals surface area contributed by atoms with E-state index in [-0.39, 0.29) is 23.0 Å². The van der Waals surface area contributed by atoms with E-state index in [9.17, 15) is 27.6 Å². The van der Waals surface area contributed by atoms with E-state index in [0.29, 0.717) is 23.4 Å². The molecule has 0 fully saturated rings. The Bertz CT molecular complexity index is 750. The van der Waals surface area contributed by atoms with Gasteiger partial charge in [-0.1, -0.05) is 0 Å². The van der Waals surface area contributed by atoms with Crippen molar-refractivity contribution in [3.05, 3.63) is 16.0 Å². The van der Waals surface area contributed by atoms with Gasteiger partial charge in [0.05, 0.1) is 12.1 Å². The molecule has 0 aromatic carbocycles. The first-order chi connectivity index (χ1) is 11.8. The van der Waals surface area contributed by atoms with Crippen molar-refractivity contribution in [1.82, 2.24) is 4.90 Å². The number of hydrogen-bond donors (Lipinski definition) is 1. The molecule has 1 aromatic rings. The van der Waals surface area contributed by atoms with Crippen molar-refractivity contribution >= 4 is 34.1 Å². The molecule has 0 spiro atoms. The lowest BCUT2D eigenvalue weighted by molar-refractivity contribution is -0.167. The number of esters is 1. The van der Waals surface area contributed by atoms with Crippen molar-refractivity contribution in [2.45, 2.75) is 52.4 Å². The molecule has 0 radical (unpaired) electrons. The number of nitrogens with one attached hydrogen (secondary N) is 1. The summed E-state index contributed by atoms with van der Waals surface area (Å²) in [6, 6.07) is 0. The zero-order chi connectivity index (χ0) is 19.9. The fourth-order valence-electron chi connectivity index (χ4n) is 2.48. The fraction of sp³-hybridized carbons (Fsp3) is 0.562. The first kappa shape index (κ1) is 20.2. The molecule has 1 aromatic heterocycles. The van der Waals surface area contributed by atoms with Gasteiger partial charge in [-0.05, 0) is 32.8 Å². The molecule has 0 bridgehead atoms. The van der Waals surface area contributed by atoms with E-state index < -0.39 is 23.7 Å². The van der Waals surface area contributed by atoms with Crippen molar-refractivity contribution < 1.29 is 32.3 Å². The van der Waals surface area contributed by atoms with Crippen LogP contribution in [0.25, 0.3) is 0 Å². The lowest BCUT2D eigenvalue weighted by Gasteiger charge is -2.26. The number of amides is 2. The Morgan fingerprint density at radius 1 is 1.19 bits per heavy atom. The monoisotopic (exact) mass is 392 g/mol. The van der Waals surface area contributed by atoms with Gasteiger partial charge < -0.3 is 15.0 Å². The minimum Gasteiger partial charge on any atom is -0.456 e. The molecule has 0 saturated heterocycles. The third kappa shape index (κ3) is 4.54. The van der Waals surface area contributed by atoms with Gasteiger partial charge in [-0.3, -0.25) is 9.59 Å². The Morgan fingerprint density at radius 3 is 2.31 bits per heavy atom. The van der Waals surface area contributed by atoms with Crippen LogP contribution >= 0.6 is 11.3 Å². The summed E-state index contributed by atoms with van der Waals surface area (Å²) in [4.78, 5) is 37.5. The van der Waals surface area contributed by atoms with Gasteiger partial charge in [0.25, 0.3) is 0 Å². The Hall–Kier alpha value is -2.10. The van der Waals surface area contributed by atoms with Crippen LogP contribution in [0.2, 0.25) is 0 Å². The van der Waals surface area contributed by atoms with E-state index in [0.717, 1.165) is 11.3 Å². The van der Waals surface area contributed by atoms with Crippen molar-refractivity contribution in [3.8, 4) is 0 Å². The van der Waals surface area contributed by atoms with E-state index >= 15 is 0 Å². The second kappa shape index (κ2) is 6.90. The van der Waals surface area contributed by atoms with E-state index in [4.69, 9.17) is 4.74 Å². The first-order valence-corrected chi connectivity index (χ1v) is 8.63. The number of fused-ring (bicyclic) bond motifs is 1. The molecule has 0 saturated carbocycles. The summed E-state index contributed by atoms with van der Waals surface area (Å²) >= 11 is 0.855. The molecule has 2 heterocycles. The lowest BCUT2D eigenvalue weighted by atomic mass is 10.0. The van der Waals surface area contributed by atoms with E-state index in [1.54, 1.807) is 26.1 Å². The van der Waals surface area contributed by atoms with Crippen molar-refractivity contribution in [2.75, 3.05) is 11.9 Å². The summed E-state index contributed by atoms with van der Waals surface area (Å²) in [5.41, 5.74) is -0.406. The Balaban J connectivity index is 2.44. The Kier molecular flexibility index (Phi) is 5.36. The predicted molar refractivity (Wildman–Crippen MR) is 89.0 cm³/mol. The molecule has 0 atom stereocenters. The first-order valence-electron chi connectivity index (χ1n) is 7.81. The van der Waals surface area contributed by atoms with Crippen molar-refractivity contribution in [1.29, 1.82) is 0 Å². The third-order valence-corrected chi connectivity index (χ3v) is 4.72. The smallest absolute Gasteiger partial charge is 0.456 e. The summed E-state index contributed by atoms with van der Waals surface area (Å²) in [6.07, 6.45) is -4.79. The highest BCUT2D eigenvalue weighted by Gasteiger charge is 2.41. The number of alkyl halides is 3. The number of carbonyl (C=O) groups is 3. The molecule has 10 heteroatoms. The molecule has 2 rings (SSSR count). The molecule has 0 unspecified atom stereocenters. The second-order valence-corrected chi connectivity index (χ2v) is 7.96. The lowest BCUT2D eigenvalue weighted by Crippen LogP contribution is -2.34. The van der Waals surface area contributed by atoms with E-state index in [1.807, 2.05) is 0 Å². The van der Waals surface area contributed by atoms with Crippen LogP contribution in [0.4, 0.5) is 18.2 Å². The number of thiophene rings is 1. The van der Waals surface area contributed by atoms with Crippen LogP contribution in [0.15, 0.2) is 0 Å². The molecular formula is C16H19F3N2O4S. The number of rotatable bonds is 2. The number of anilines is 1. The highest BCUT2D eigenvalue weighted by atomic mass is 32.1. The molecule has 1 aliphatic heterocycles. The van der Waals surface area contributed by atoms with Crippen LogP contribution in [-0.2, 0) is 27.3 Å². The molecule has 26 heavy (non-hydrogen) atoms. The maximum atomic E-state index is 12.6. The van der Waals surface area contributed by atoms with Crippen LogP contribution in [0, 0.1) is 0 Å². The number of ether oxygens (including phenoxy) is 1. The third-order valence-electron chi connectivity index (χ3n) is 3.59.